The first-order valence-electron chi connectivity index (χ1n) is 8.38. The normalized spacial score (nSPS) is 27.6. The Morgan fingerprint density at radius 3 is 2.36 bits per heavy atom. The van der Waals surface area contributed by atoms with Crippen molar-refractivity contribution in [3.05, 3.63) is 0 Å². The van der Waals surface area contributed by atoms with Gasteiger partial charge in [0.15, 0.2) is 0 Å². The summed E-state index contributed by atoms with van der Waals surface area (Å²) in [7, 11) is 0. The molecule has 0 saturated carbocycles. The zero-order valence-electron chi connectivity index (χ0n) is 13.7. The minimum absolute atomic E-state index is 0.206. The summed E-state index contributed by atoms with van der Waals surface area (Å²) in [6, 6.07) is 0.206. The second-order valence-electron chi connectivity index (χ2n) is 6.84. The first-order valence-corrected chi connectivity index (χ1v) is 8.38. The number of likely N-dealkylation sites (tertiary alicyclic amines) is 1. The van der Waals surface area contributed by atoms with E-state index in [-0.39, 0.29) is 24.5 Å². The molecule has 0 aromatic rings. The number of alkyl halides is 1. The first kappa shape index (κ1) is 17.2. The Bertz CT molecular complexity index is 385. The van der Waals surface area contributed by atoms with E-state index in [0.29, 0.717) is 44.4 Å². The highest BCUT2D eigenvalue weighted by Gasteiger charge is 2.32. The summed E-state index contributed by atoms with van der Waals surface area (Å²) >= 11 is 0. The Labute approximate surface area is 132 Å². The number of carbonyl (C=O) groups is 2. The van der Waals surface area contributed by atoms with Gasteiger partial charge in [-0.25, -0.2) is 0 Å². The Morgan fingerprint density at radius 2 is 1.73 bits per heavy atom. The van der Waals surface area contributed by atoms with Gasteiger partial charge in [-0.1, -0.05) is 6.92 Å². The number of piperidine rings is 1. The molecule has 2 saturated heterocycles. The average molecular weight is 313 g/mol. The molecule has 2 fully saturated rings. The molecule has 1 N–H and O–H groups in total. The molecule has 0 aromatic carbocycles. The molecule has 2 heterocycles. The van der Waals surface area contributed by atoms with Gasteiger partial charge in [0.25, 0.3) is 0 Å². The maximum atomic E-state index is 12.5. The molecule has 0 bridgehead atoms. The van der Waals surface area contributed by atoms with Gasteiger partial charge in [-0.2, -0.15) is 0 Å². The lowest BCUT2D eigenvalue weighted by Crippen LogP contribution is -2.50. The van der Waals surface area contributed by atoms with E-state index >= 15 is 0 Å². The summed E-state index contributed by atoms with van der Waals surface area (Å²) in [6.07, 6.45) is 2.18. The van der Waals surface area contributed by atoms with Crippen molar-refractivity contribution in [3.8, 4) is 0 Å². The zero-order chi connectivity index (χ0) is 16.1. The number of nitrogens with zero attached hydrogens (tertiary/aromatic N) is 2. The summed E-state index contributed by atoms with van der Waals surface area (Å²) in [4.78, 5) is 28.3. The summed E-state index contributed by atoms with van der Waals surface area (Å²) in [5.74, 6) is -0.0742. The molecule has 22 heavy (non-hydrogen) atoms. The van der Waals surface area contributed by atoms with Crippen molar-refractivity contribution in [2.45, 2.75) is 39.2 Å². The molecule has 6 heteroatoms. The topological polar surface area (TPSA) is 52.7 Å². The van der Waals surface area contributed by atoms with Gasteiger partial charge in [0.05, 0.1) is 6.67 Å². The van der Waals surface area contributed by atoms with E-state index in [4.69, 9.17) is 0 Å². The molecule has 0 radical (unpaired) electrons. The molecule has 2 aliphatic heterocycles. The molecule has 2 atom stereocenters. The molecule has 126 valence electrons. The van der Waals surface area contributed by atoms with Crippen LogP contribution in [0.1, 0.15) is 33.1 Å². The van der Waals surface area contributed by atoms with Gasteiger partial charge in [-0.05, 0) is 44.6 Å². The highest BCUT2D eigenvalue weighted by Crippen LogP contribution is 2.21. The Hall–Kier alpha value is -1.17. The van der Waals surface area contributed by atoms with Crippen molar-refractivity contribution in [1.29, 1.82) is 0 Å². The number of amides is 2. The third-order valence-corrected chi connectivity index (χ3v) is 4.73. The molecule has 5 nitrogen and oxygen atoms in total. The fourth-order valence-electron chi connectivity index (χ4n) is 3.33. The molecule has 2 rings (SSSR count). The van der Waals surface area contributed by atoms with Gasteiger partial charge in [0.1, 0.15) is 0 Å². The van der Waals surface area contributed by atoms with Gasteiger partial charge in [-0.15, -0.1) is 0 Å². The second-order valence-corrected chi connectivity index (χ2v) is 6.84. The summed E-state index contributed by atoms with van der Waals surface area (Å²) in [5.41, 5.74) is 0. The second kappa shape index (κ2) is 7.90. The van der Waals surface area contributed by atoms with Crippen LogP contribution in [0.5, 0.6) is 0 Å². The van der Waals surface area contributed by atoms with Crippen molar-refractivity contribution >= 4 is 11.8 Å². The van der Waals surface area contributed by atoms with Crippen LogP contribution in [0.15, 0.2) is 0 Å². The molecule has 0 spiro atoms. The lowest BCUT2D eigenvalue weighted by atomic mass is 9.94. The lowest BCUT2D eigenvalue weighted by Gasteiger charge is -2.33. The molecular weight excluding hydrogens is 285 g/mol. The predicted octanol–water partition coefficient (Wildman–Crippen LogP) is 1.04. The zero-order valence-corrected chi connectivity index (χ0v) is 13.7. The van der Waals surface area contributed by atoms with Crippen LogP contribution in [0, 0.1) is 11.8 Å². The van der Waals surface area contributed by atoms with Gasteiger partial charge in [0.2, 0.25) is 0 Å². The van der Waals surface area contributed by atoms with Crippen LogP contribution >= 0.6 is 0 Å². The van der Waals surface area contributed by atoms with Crippen LogP contribution < -0.4 is 5.32 Å². The van der Waals surface area contributed by atoms with Crippen LogP contribution in [0.2, 0.25) is 0 Å². The summed E-state index contributed by atoms with van der Waals surface area (Å²) in [5, 5.41) is 3.36. The van der Waals surface area contributed by atoms with E-state index in [0.717, 1.165) is 19.4 Å². The fourth-order valence-corrected chi connectivity index (χ4v) is 3.33. The van der Waals surface area contributed by atoms with Crippen LogP contribution in [-0.4, -0.2) is 67.1 Å². The predicted molar refractivity (Wildman–Crippen MR) is 83.1 cm³/mol. The lowest BCUT2D eigenvalue weighted by molar-refractivity contribution is -0.153. The highest BCUT2D eigenvalue weighted by atomic mass is 19.1. The van der Waals surface area contributed by atoms with Gasteiger partial charge in [-0.3, -0.25) is 14.0 Å². The van der Waals surface area contributed by atoms with Gasteiger partial charge < -0.3 is 15.1 Å². The highest BCUT2D eigenvalue weighted by molar-refractivity contribution is 6.34. The number of rotatable bonds is 2. The summed E-state index contributed by atoms with van der Waals surface area (Å²) in [6.45, 7) is 7.04. The van der Waals surface area contributed by atoms with Crippen molar-refractivity contribution < 1.29 is 14.0 Å². The van der Waals surface area contributed by atoms with Crippen molar-refractivity contribution in [2.24, 2.45) is 11.8 Å². The first-order chi connectivity index (χ1) is 10.5. The minimum atomic E-state index is -0.389. The van der Waals surface area contributed by atoms with Crippen LogP contribution in [0.25, 0.3) is 0 Å². The minimum Gasteiger partial charge on any atom is -0.334 e. The smallest absolute Gasteiger partial charge is 0.312 e. The third kappa shape index (κ3) is 4.41. The van der Waals surface area contributed by atoms with Gasteiger partial charge >= 0.3 is 11.8 Å². The SMILES string of the molecule is CC1CNC(C)CN(C(=O)C(=O)N2CCC(CCF)CC2)C1. The Kier molecular flexibility index (Phi) is 6.17. The maximum Gasteiger partial charge on any atom is 0.312 e. The van der Waals surface area contributed by atoms with E-state index in [1.807, 2.05) is 6.92 Å². The van der Waals surface area contributed by atoms with E-state index in [1.165, 1.54) is 0 Å². The largest absolute Gasteiger partial charge is 0.334 e. The van der Waals surface area contributed by atoms with Gasteiger partial charge in [0, 0.05) is 32.2 Å². The van der Waals surface area contributed by atoms with Crippen molar-refractivity contribution in [3.63, 3.8) is 0 Å². The van der Waals surface area contributed by atoms with Crippen LogP contribution in [-0.2, 0) is 9.59 Å². The quantitative estimate of drug-likeness (QED) is 0.775. The molecule has 0 aliphatic carbocycles. The maximum absolute atomic E-state index is 12.5. The fraction of sp³-hybridized carbons (Fsp3) is 0.875. The van der Waals surface area contributed by atoms with Crippen LogP contribution in [0.4, 0.5) is 4.39 Å². The van der Waals surface area contributed by atoms with E-state index < -0.39 is 0 Å². The Balaban J connectivity index is 1.90. The molecule has 2 amide bonds. The standard InChI is InChI=1S/C16H28FN3O2/c1-12-9-18-13(2)11-20(10-12)16(22)15(21)19-7-4-14(3-6-17)5-8-19/h12-14,18H,3-11H2,1-2H3. The summed E-state index contributed by atoms with van der Waals surface area (Å²) < 4.78 is 12.4. The number of hydrogen-bond acceptors (Lipinski definition) is 3. The van der Waals surface area contributed by atoms with E-state index in [9.17, 15) is 14.0 Å². The molecule has 0 aromatic heterocycles. The molecule has 2 aliphatic rings. The molecular formula is C16H28FN3O2. The number of nitrogens with one attached hydrogen (secondary N) is 1. The molecule has 2 unspecified atom stereocenters. The monoisotopic (exact) mass is 313 g/mol. The number of carbonyl (C=O) groups excluding carboxylic acids is 2. The third-order valence-electron chi connectivity index (χ3n) is 4.73. The van der Waals surface area contributed by atoms with E-state index in [2.05, 4.69) is 12.2 Å². The average Bonchev–Trinajstić information content (AvgIpc) is 2.68. The van der Waals surface area contributed by atoms with Crippen molar-refractivity contribution in [2.75, 3.05) is 39.4 Å². The number of halogens is 1. The number of hydrogen-bond donors (Lipinski definition) is 1. The van der Waals surface area contributed by atoms with Crippen LogP contribution in [0.3, 0.4) is 0 Å². The van der Waals surface area contributed by atoms with E-state index in [1.54, 1.807) is 9.80 Å². The Morgan fingerprint density at radius 1 is 1.09 bits per heavy atom. The van der Waals surface area contributed by atoms with Crippen molar-refractivity contribution in [1.82, 2.24) is 15.1 Å².